The van der Waals surface area contributed by atoms with E-state index < -0.39 is 0 Å². The Labute approximate surface area is 111 Å². The number of carbonyl (C=O) groups is 2. The average Bonchev–Trinajstić information content (AvgIpc) is 2.73. The third-order valence-corrected chi connectivity index (χ3v) is 3.44. The van der Waals surface area contributed by atoms with Crippen LogP contribution in [0, 0.1) is 12.8 Å². The Morgan fingerprint density at radius 2 is 2.22 bits per heavy atom. The molecule has 2 rings (SSSR count). The van der Waals surface area contributed by atoms with Gasteiger partial charge in [-0.2, -0.15) is 0 Å². The third kappa shape index (κ3) is 2.34. The van der Waals surface area contributed by atoms with Gasteiger partial charge in [0.05, 0.1) is 5.92 Å². The number of carbonyl (C=O) groups excluding carboxylic acids is 2. The first kappa shape index (κ1) is 12.9. The number of nitrogens with one attached hydrogen (secondary N) is 1. The van der Waals surface area contributed by atoms with Gasteiger partial charge in [-0.1, -0.05) is 17.7 Å². The number of hydrogen-bond donors (Lipinski definition) is 1. The Balaban J connectivity index is 2.27. The molecule has 1 unspecified atom stereocenters. The molecule has 1 atom stereocenters. The van der Waals surface area contributed by atoms with E-state index in [1.165, 1.54) is 0 Å². The third-order valence-electron chi connectivity index (χ3n) is 3.20. The minimum atomic E-state index is -0.277. The van der Waals surface area contributed by atoms with E-state index in [-0.39, 0.29) is 24.2 Å². The van der Waals surface area contributed by atoms with Crippen LogP contribution in [0.1, 0.15) is 12.0 Å². The maximum atomic E-state index is 12.0. The highest BCUT2D eigenvalue weighted by atomic mass is 35.5. The first-order valence-electron chi connectivity index (χ1n) is 5.81. The highest BCUT2D eigenvalue weighted by molar-refractivity contribution is 6.31. The topological polar surface area (TPSA) is 49.4 Å². The summed E-state index contributed by atoms with van der Waals surface area (Å²) in [5.74, 6) is -0.402. The van der Waals surface area contributed by atoms with Gasteiger partial charge in [0.2, 0.25) is 11.8 Å². The molecule has 0 aromatic heterocycles. The number of anilines is 1. The van der Waals surface area contributed by atoms with Gasteiger partial charge in [-0.25, -0.2) is 0 Å². The van der Waals surface area contributed by atoms with Crippen molar-refractivity contribution in [1.82, 2.24) is 5.32 Å². The number of aryl methyl sites for hydroxylation is 1. The van der Waals surface area contributed by atoms with Crippen LogP contribution in [0.5, 0.6) is 0 Å². The normalized spacial score (nSPS) is 19.2. The molecule has 1 N–H and O–H groups in total. The first-order valence-corrected chi connectivity index (χ1v) is 6.19. The standard InChI is InChI=1S/C13H15ClN2O2/c1-8-3-4-10(14)6-11(8)16-7-9(5-12(16)17)13(18)15-2/h3-4,6,9H,5,7H2,1-2H3,(H,15,18). The minimum absolute atomic E-state index is 0.0334. The van der Waals surface area contributed by atoms with Gasteiger partial charge in [-0.15, -0.1) is 0 Å². The summed E-state index contributed by atoms with van der Waals surface area (Å²) in [5, 5.41) is 3.17. The zero-order chi connectivity index (χ0) is 13.3. The number of hydrogen-bond acceptors (Lipinski definition) is 2. The molecule has 0 aliphatic carbocycles. The Morgan fingerprint density at radius 1 is 1.50 bits per heavy atom. The van der Waals surface area contributed by atoms with Crippen molar-refractivity contribution in [2.45, 2.75) is 13.3 Å². The number of halogens is 1. The molecule has 1 heterocycles. The molecule has 0 bridgehead atoms. The number of rotatable bonds is 2. The molecule has 18 heavy (non-hydrogen) atoms. The molecular weight excluding hydrogens is 252 g/mol. The van der Waals surface area contributed by atoms with Crippen LogP contribution in [0.4, 0.5) is 5.69 Å². The lowest BCUT2D eigenvalue weighted by atomic mass is 10.1. The van der Waals surface area contributed by atoms with E-state index in [1.807, 2.05) is 13.0 Å². The van der Waals surface area contributed by atoms with Crippen LogP contribution in [-0.4, -0.2) is 25.4 Å². The molecule has 1 saturated heterocycles. The van der Waals surface area contributed by atoms with Crippen molar-refractivity contribution >= 4 is 29.1 Å². The zero-order valence-electron chi connectivity index (χ0n) is 10.4. The quantitative estimate of drug-likeness (QED) is 0.887. The summed E-state index contributed by atoms with van der Waals surface area (Å²) in [5.41, 5.74) is 1.77. The summed E-state index contributed by atoms with van der Waals surface area (Å²) in [4.78, 5) is 25.2. The predicted molar refractivity (Wildman–Crippen MR) is 70.7 cm³/mol. The molecule has 2 amide bonds. The van der Waals surface area contributed by atoms with E-state index in [2.05, 4.69) is 5.32 Å². The summed E-state index contributed by atoms with van der Waals surface area (Å²) in [6.07, 6.45) is 0.256. The van der Waals surface area contributed by atoms with Crippen molar-refractivity contribution in [3.8, 4) is 0 Å². The molecule has 1 aromatic rings. The fraction of sp³-hybridized carbons (Fsp3) is 0.385. The van der Waals surface area contributed by atoms with Crippen LogP contribution in [-0.2, 0) is 9.59 Å². The van der Waals surface area contributed by atoms with Gasteiger partial charge < -0.3 is 10.2 Å². The van der Waals surface area contributed by atoms with Crippen LogP contribution < -0.4 is 10.2 Å². The van der Waals surface area contributed by atoms with Crippen molar-refractivity contribution in [3.05, 3.63) is 28.8 Å². The molecule has 0 spiro atoms. The molecule has 5 heteroatoms. The molecule has 96 valence electrons. The molecule has 1 aliphatic heterocycles. The highest BCUT2D eigenvalue weighted by Gasteiger charge is 2.35. The van der Waals surface area contributed by atoms with Crippen molar-refractivity contribution < 1.29 is 9.59 Å². The van der Waals surface area contributed by atoms with Crippen LogP contribution >= 0.6 is 11.6 Å². The van der Waals surface area contributed by atoms with E-state index in [9.17, 15) is 9.59 Å². The second-order valence-corrected chi connectivity index (χ2v) is 4.89. The predicted octanol–water partition coefficient (Wildman–Crippen LogP) is 1.75. The monoisotopic (exact) mass is 266 g/mol. The Kier molecular flexibility index (Phi) is 3.57. The average molecular weight is 267 g/mol. The first-order chi connectivity index (χ1) is 8.52. The molecule has 0 saturated carbocycles. The van der Waals surface area contributed by atoms with Crippen molar-refractivity contribution in [2.24, 2.45) is 5.92 Å². The van der Waals surface area contributed by atoms with Crippen LogP contribution in [0.25, 0.3) is 0 Å². The molecule has 1 aliphatic rings. The fourth-order valence-corrected chi connectivity index (χ4v) is 2.36. The molecule has 1 aromatic carbocycles. The van der Waals surface area contributed by atoms with Crippen molar-refractivity contribution in [3.63, 3.8) is 0 Å². The fourth-order valence-electron chi connectivity index (χ4n) is 2.19. The van der Waals surface area contributed by atoms with Gasteiger partial charge >= 0.3 is 0 Å². The maximum absolute atomic E-state index is 12.0. The van der Waals surface area contributed by atoms with Gasteiger partial charge in [0, 0.05) is 30.7 Å². The van der Waals surface area contributed by atoms with Crippen LogP contribution in [0.15, 0.2) is 18.2 Å². The van der Waals surface area contributed by atoms with E-state index in [1.54, 1.807) is 24.1 Å². The van der Waals surface area contributed by atoms with Gasteiger partial charge in [-0.05, 0) is 24.6 Å². The zero-order valence-corrected chi connectivity index (χ0v) is 11.1. The van der Waals surface area contributed by atoms with Crippen LogP contribution in [0.3, 0.4) is 0 Å². The molecular formula is C13H15ClN2O2. The lowest BCUT2D eigenvalue weighted by Gasteiger charge is -2.19. The summed E-state index contributed by atoms with van der Waals surface area (Å²) < 4.78 is 0. The van der Waals surface area contributed by atoms with Gasteiger partial charge in [-0.3, -0.25) is 9.59 Å². The van der Waals surface area contributed by atoms with E-state index in [4.69, 9.17) is 11.6 Å². The van der Waals surface area contributed by atoms with E-state index in [0.717, 1.165) is 11.3 Å². The number of benzene rings is 1. The molecule has 1 fully saturated rings. The number of amides is 2. The summed E-state index contributed by atoms with van der Waals surface area (Å²) in [6.45, 7) is 2.34. The summed E-state index contributed by atoms with van der Waals surface area (Å²) in [6, 6.07) is 5.43. The second-order valence-electron chi connectivity index (χ2n) is 4.45. The lowest BCUT2D eigenvalue weighted by molar-refractivity contribution is -0.125. The maximum Gasteiger partial charge on any atom is 0.227 e. The Hall–Kier alpha value is -1.55. The second kappa shape index (κ2) is 4.98. The Bertz CT molecular complexity index is 502. The summed E-state index contributed by atoms with van der Waals surface area (Å²) >= 11 is 5.95. The van der Waals surface area contributed by atoms with Crippen molar-refractivity contribution in [2.75, 3.05) is 18.5 Å². The molecule has 0 radical (unpaired) electrons. The highest BCUT2D eigenvalue weighted by Crippen LogP contribution is 2.30. The van der Waals surface area contributed by atoms with Crippen LogP contribution in [0.2, 0.25) is 5.02 Å². The molecule has 4 nitrogen and oxygen atoms in total. The van der Waals surface area contributed by atoms with E-state index in [0.29, 0.717) is 11.6 Å². The van der Waals surface area contributed by atoms with Gasteiger partial charge in [0.1, 0.15) is 0 Å². The van der Waals surface area contributed by atoms with Crippen molar-refractivity contribution in [1.29, 1.82) is 0 Å². The SMILES string of the molecule is CNC(=O)C1CC(=O)N(c2cc(Cl)ccc2C)C1. The number of nitrogens with zero attached hydrogens (tertiary/aromatic N) is 1. The summed E-state index contributed by atoms with van der Waals surface area (Å²) in [7, 11) is 1.58. The van der Waals surface area contributed by atoms with Gasteiger partial charge in [0.25, 0.3) is 0 Å². The van der Waals surface area contributed by atoms with Gasteiger partial charge in [0.15, 0.2) is 0 Å². The van der Waals surface area contributed by atoms with E-state index >= 15 is 0 Å². The minimum Gasteiger partial charge on any atom is -0.359 e. The lowest BCUT2D eigenvalue weighted by Crippen LogP contribution is -2.30. The largest absolute Gasteiger partial charge is 0.359 e. The Morgan fingerprint density at radius 3 is 2.89 bits per heavy atom. The smallest absolute Gasteiger partial charge is 0.227 e.